The molecule has 0 spiro atoms. The topological polar surface area (TPSA) is 64.7 Å². The van der Waals surface area contributed by atoms with Crippen LogP contribution in [0.25, 0.3) is 11.6 Å². The first-order valence-corrected chi connectivity index (χ1v) is 8.30. The molecule has 0 saturated carbocycles. The zero-order chi connectivity index (χ0) is 17.2. The van der Waals surface area contributed by atoms with Crippen LogP contribution in [-0.4, -0.2) is 20.2 Å². The molecule has 0 bridgehead atoms. The number of aromatic nitrogens is 4. The minimum Gasteiger partial charge on any atom is -0.410 e. The third-order valence-electron chi connectivity index (χ3n) is 2.95. The van der Waals surface area contributed by atoms with Crippen molar-refractivity contribution >= 4 is 27.7 Å². The van der Waals surface area contributed by atoms with E-state index in [1.165, 1.54) is 24.7 Å². The second-order valence-electron chi connectivity index (χ2n) is 4.52. The normalized spacial score (nSPS) is 11.7. The lowest BCUT2D eigenvalue weighted by atomic mass is 10.1. The van der Waals surface area contributed by atoms with E-state index in [4.69, 9.17) is 4.42 Å². The molecule has 5 nitrogen and oxygen atoms in total. The van der Waals surface area contributed by atoms with Gasteiger partial charge in [-0.25, -0.2) is 4.98 Å². The van der Waals surface area contributed by atoms with Crippen LogP contribution in [0.2, 0.25) is 0 Å². The minimum atomic E-state index is -4.43. The zero-order valence-corrected chi connectivity index (χ0v) is 14.2. The average molecular weight is 417 g/mol. The van der Waals surface area contributed by atoms with E-state index in [0.717, 1.165) is 17.8 Å². The predicted octanol–water partition coefficient (Wildman–Crippen LogP) is 4.60. The Kier molecular flexibility index (Phi) is 4.86. The lowest BCUT2D eigenvalue weighted by Gasteiger charge is -2.13. The maximum absolute atomic E-state index is 13.1. The summed E-state index contributed by atoms with van der Waals surface area (Å²) in [6.45, 7) is 0. The molecule has 10 heteroatoms. The highest BCUT2D eigenvalue weighted by Gasteiger charge is 2.34. The van der Waals surface area contributed by atoms with Gasteiger partial charge in [-0.15, -0.1) is 10.2 Å². The number of halogens is 4. The summed E-state index contributed by atoms with van der Waals surface area (Å²) in [4.78, 5) is 7.90. The fourth-order valence-electron chi connectivity index (χ4n) is 1.89. The van der Waals surface area contributed by atoms with Crippen LogP contribution < -0.4 is 0 Å². The molecule has 0 aliphatic rings. The summed E-state index contributed by atoms with van der Waals surface area (Å²) in [6, 6.07) is 3.95. The van der Waals surface area contributed by atoms with Crippen molar-refractivity contribution in [3.63, 3.8) is 0 Å². The van der Waals surface area contributed by atoms with Crippen molar-refractivity contribution in [2.24, 2.45) is 0 Å². The second-order valence-corrected chi connectivity index (χ2v) is 6.30. The van der Waals surface area contributed by atoms with Crippen LogP contribution in [0.3, 0.4) is 0 Å². The number of hydrogen-bond acceptors (Lipinski definition) is 6. The number of rotatable bonds is 4. The summed E-state index contributed by atoms with van der Waals surface area (Å²) < 4.78 is 45.0. The molecule has 0 N–H and O–H groups in total. The SMILES string of the molecule is FC(F)(F)c1cccc(Br)c1CSc1nnc(-c2cnccn2)o1. The smallest absolute Gasteiger partial charge is 0.410 e. The average Bonchev–Trinajstić information content (AvgIpc) is 3.02. The van der Waals surface area contributed by atoms with Gasteiger partial charge in [0.1, 0.15) is 5.69 Å². The van der Waals surface area contributed by atoms with E-state index in [2.05, 4.69) is 36.1 Å². The number of alkyl halides is 3. The molecule has 2 heterocycles. The van der Waals surface area contributed by atoms with Gasteiger partial charge in [-0.1, -0.05) is 33.8 Å². The van der Waals surface area contributed by atoms with Crippen LogP contribution in [0, 0.1) is 0 Å². The van der Waals surface area contributed by atoms with Gasteiger partial charge in [0.15, 0.2) is 0 Å². The lowest BCUT2D eigenvalue weighted by Crippen LogP contribution is -2.09. The van der Waals surface area contributed by atoms with Gasteiger partial charge >= 0.3 is 6.18 Å². The molecular weight excluding hydrogens is 409 g/mol. The van der Waals surface area contributed by atoms with Gasteiger partial charge in [-0.05, 0) is 17.7 Å². The van der Waals surface area contributed by atoms with Crippen LogP contribution >= 0.6 is 27.7 Å². The van der Waals surface area contributed by atoms with Crippen LogP contribution in [0.1, 0.15) is 11.1 Å². The quantitative estimate of drug-likeness (QED) is 0.579. The Morgan fingerprint density at radius 1 is 1.17 bits per heavy atom. The molecule has 0 aliphatic carbocycles. The third kappa shape index (κ3) is 3.75. The molecular formula is C14H8BrF3N4OS. The van der Waals surface area contributed by atoms with Crippen molar-refractivity contribution < 1.29 is 17.6 Å². The van der Waals surface area contributed by atoms with Crippen molar-refractivity contribution in [3.05, 3.63) is 52.4 Å². The summed E-state index contributed by atoms with van der Waals surface area (Å²) in [7, 11) is 0. The Hall–Kier alpha value is -1.94. The molecule has 2 aromatic heterocycles. The van der Waals surface area contributed by atoms with Crippen molar-refractivity contribution in [2.75, 3.05) is 0 Å². The highest BCUT2D eigenvalue weighted by atomic mass is 79.9. The van der Waals surface area contributed by atoms with E-state index in [9.17, 15) is 13.2 Å². The summed E-state index contributed by atoms with van der Waals surface area (Å²) in [6.07, 6.45) is 0.000962. The van der Waals surface area contributed by atoms with E-state index < -0.39 is 11.7 Å². The van der Waals surface area contributed by atoms with Crippen molar-refractivity contribution in [2.45, 2.75) is 17.2 Å². The first-order chi connectivity index (χ1) is 11.4. The standard InChI is InChI=1S/C14H8BrF3N4OS/c15-10-3-1-2-9(14(16,17)18)8(10)7-24-13-22-21-12(23-13)11-6-19-4-5-20-11/h1-6H,7H2. The fraction of sp³-hybridized carbons (Fsp3) is 0.143. The zero-order valence-electron chi connectivity index (χ0n) is 11.8. The van der Waals surface area contributed by atoms with Crippen LogP contribution in [0.5, 0.6) is 0 Å². The van der Waals surface area contributed by atoms with Gasteiger partial charge in [0.2, 0.25) is 0 Å². The van der Waals surface area contributed by atoms with Crippen LogP contribution in [0.4, 0.5) is 13.2 Å². The van der Waals surface area contributed by atoms with Crippen LogP contribution in [0.15, 0.2) is 50.9 Å². The molecule has 0 amide bonds. The summed E-state index contributed by atoms with van der Waals surface area (Å²) in [5.74, 6) is 0.187. The predicted molar refractivity (Wildman–Crippen MR) is 84.0 cm³/mol. The molecule has 124 valence electrons. The Labute approximate surface area is 146 Å². The summed E-state index contributed by atoms with van der Waals surface area (Å²) in [5.41, 5.74) is -0.180. The molecule has 24 heavy (non-hydrogen) atoms. The molecule has 3 aromatic rings. The minimum absolute atomic E-state index is 0.0262. The Morgan fingerprint density at radius 2 is 2.00 bits per heavy atom. The van der Waals surface area contributed by atoms with Gasteiger partial charge in [0, 0.05) is 22.6 Å². The number of hydrogen-bond donors (Lipinski definition) is 0. The Balaban J connectivity index is 1.79. The highest BCUT2D eigenvalue weighted by molar-refractivity contribution is 9.10. The van der Waals surface area contributed by atoms with Gasteiger partial charge in [0.25, 0.3) is 11.1 Å². The molecule has 0 aliphatic heterocycles. The van der Waals surface area contributed by atoms with Crippen molar-refractivity contribution in [3.8, 4) is 11.6 Å². The first kappa shape index (κ1) is 16.9. The van der Waals surface area contributed by atoms with Crippen LogP contribution in [-0.2, 0) is 11.9 Å². The second kappa shape index (κ2) is 6.89. The number of thioether (sulfide) groups is 1. The largest absolute Gasteiger partial charge is 0.416 e. The molecule has 0 saturated heterocycles. The van der Waals surface area contributed by atoms with E-state index in [-0.39, 0.29) is 22.4 Å². The summed E-state index contributed by atoms with van der Waals surface area (Å²) >= 11 is 4.17. The van der Waals surface area contributed by atoms with E-state index in [0.29, 0.717) is 10.2 Å². The molecule has 1 aromatic carbocycles. The molecule has 0 atom stereocenters. The molecule has 0 unspecified atom stereocenters. The van der Waals surface area contributed by atoms with E-state index in [1.807, 2.05) is 0 Å². The van der Waals surface area contributed by atoms with E-state index in [1.54, 1.807) is 6.07 Å². The van der Waals surface area contributed by atoms with Gasteiger partial charge in [-0.3, -0.25) is 4.98 Å². The monoisotopic (exact) mass is 416 g/mol. The highest BCUT2D eigenvalue weighted by Crippen LogP contribution is 2.38. The Morgan fingerprint density at radius 3 is 2.71 bits per heavy atom. The van der Waals surface area contributed by atoms with E-state index >= 15 is 0 Å². The number of benzene rings is 1. The Bertz CT molecular complexity index is 842. The van der Waals surface area contributed by atoms with Crippen molar-refractivity contribution in [1.82, 2.24) is 20.2 Å². The van der Waals surface area contributed by atoms with Gasteiger partial charge < -0.3 is 4.42 Å². The van der Waals surface area contributed by atoms with Crippen molar-refractivity contribution in [1.29, 1.82) is 0 Å². The third-order valence-corrected chi connectivity index (χ3v) is 4.54. The summed E-state index contributed by atoms with van der Waals surface area (Å²) in [5, 5.41) is 7.78. The lowest BCUT2D eigenvalue weighted by molar-refractivity contribution is -0.138. The fourth-order valence-corrected chi connectivity index (χ4v) is 3.39. The van der Waals surface area contributed by atoms with Gasteiger partial charge in [0.05, 0.1) is 11.8 Å². The number of nitrogens with zero attached hydrogens (tertiary/aromatic N) is 4. The molecule has 0 fully saturated rings. The first-order valence-electron chi connectivity index (χ1n) is 6.52. The molecule has 3 rings (SSSR count). The molecule has 0 radical (unpaired) electrons. The van der Waals surface area contributed by atoms with Gasteiger partial charge in [-0.2, -0.15) is 13.2 Å². The maximum atomic E-state index is 13.1. The maximum Gasteiger partial charge on any atom is 0.416 e.